The van der Waals surface area contributed by atoms with Crippen molar-refractivity contribution in [1.82, 2.24) is 15.5 Å². The Morgan fingerprint density at radius 3 is 2.88 bits per heavy atom. The van der Waals surface area contributed by atoms with E-state index in [0.717, 1.165) is 44.8 Å². The topological polar surface area (TPSA) is 60.2 Å². The van der Waals surface area contributed by atoms with Crippen molar-refractivity contribution in [1.29, 1.82) is 0 Å². The fraction of sp³-hybridized carbons (Fsp3) is 0.818. The number of aryl methyl sites for hydroxylation is 1. The van der Waals surface area contributed by atoms with Crippen LogP contribution in [0.5, 0.6) is 0 Å². The lowest BCUT2D eigenvalue weighted by Gasteiger charge is -2.34. The van der Waals surface area contributed by atoms with Crippen molar-refractivity contribution in [3.63, 3.8) is 0 Å². The second-order valence-electron chi connectivity index (χ2n) is 4.44. The maximum absolute atomic E-state index is 5.18. The molecule has 17 heavy (non-hydrogen) atoms. The van der Waals surface area contributed by atoms with E-state index in [0.29, 0.717) is 5.89 Å². The third-order valence-electron chi connectivity index (χ3n) is 3.26. The maximum Gasteiger partial charge on any atom is 0.223 e. The summed E-state index contributed by atoms with van der Waals surface area (Å²) in [6, 6.07) is 0. The van der Waals surface area contributed by atoms with Gasteiger partial charge in [0, 0.05) is 32.6 Å². The van der Waals surface area contributed by atoms with Gasteiger partial charge in [-0.3, -0.25) is 0 Å². The van der Waals surface area contributed by atoms with Crippen LogP contribution in [0.15, 0.2) is 4.52 Å². The molecule has 0 spiro atoms. The van der Waals surface area contributed by atoms with Crippen molar-refractivity contribution in [2.75, 3.05) is 26.8 Å². The lowest BCUT2D eigenvalue weighted by Crippen LogP contribution is -2.44. The van der Waals surface area contributed by atoms with E-state index >= 15 is 0 Å². The van der Waals surface area contributed by atoms with Gasteiger partial charge in [-0.1, -0.05) is 5.16 Å². The summed E-state index contributed by atoms with van der Waals surface area (Å²) in [6.45, 7) is 4.55. The number of hydrogen-bond donors (Lipinski definition) is 1. The van der Waals surface area contributed by atoms with E-state index in [1.54, 1.807) is 7.11 Å². The highest BCUT2D eigenvalue weighted by Gasteiger charge is 2.37. The van der Waals surface area contributed by atoms with Gasteiger partial charge in [-0.05, 0) is 25.8 Å². The van der Waals surface area contributed by atoms with E-state index in [9.17, 15) is 0 Å². The Balaban J connectivity index is 0.00000144. The summed E-state index contributed by atoms with van der Waals surface area (Å²) in [4.78, 5) is 4.39. The first-order valence-electron chi connectivity index (χ1n) is 5.77. The van der Waals surface area contributed by atoms with Crippen LogP contribution in [0.3, 0.4) is 0 Å². The minimum atomic E-state index is -0.00792. The number of ether oxygens (including phenoxy) is 1. The zero-order valence-corrected chi connectivity index (χ0v) is 11.2. The molecule has 0 radical (unpaired) electrons. The lowest BCUT2D eigenvalue weighted by atomic mass is 9.77. The van der Waals surface area contributed by atoms with Crippen LogP contribution in [0.4, 0.5) is 0 Å². The molecule has 0 bridgehead atoms. The maximum atomic E-state index is 5.18. The molecular weight excluding hydrogens is 242 g/mol. The van der Waals surface area contributed by atoms with Gasteiger partial charge in [0.25, 0.3) is 0 Å². The molecule has 2 rings (SSSR count). The Morgan fingerprint density at radius 1 is 1.53 bits per heavy atom. The van der Waals surface area contributed by atoms with Crippen LogP contribution in [0, 0.1) is 6.92 Å². The van der Waals surface area contributed by atoms with Gasteiger partial charge in [0.05, 0.1) is 0 Å². The Morgan fingerprint density at radius 2 is 2.35 bits per heavy atom. The Hall–Kier alpha value is -0.650. The number of halogens is 1. The zero-order chi connectivity index (χ0) is 11.4. The molecule has 1 aromatic heterocycles. The van der Waals surface area contributed by atoms with Gasteiger partial charge in [-0.25, -0.2) is 0 Å². The fourth-order valence-electron chi connectivity index (χ4n) is 2.30. The van der Waals surface area contributed by atoms with Crippen LogP contribution in [0.2, 0.25) is 0 Å². The van der Waals surface area contributed by atoms with E-state index in [-0.39, 0.29) is 17.8 Å². The van der Waals surface area contributed by atoms with Crippen LogP contribution in [0.1, 0.15) is 31.0 Å². The van der Waals surface area contributed by atoms with Gasteiger partial charge in [-0.15, -0.1) is 12.4 Å². The molecule has 1 aliphatic heterocycles. The second kappa shape index (κ2) is 6.33. The number of nitrogens with zero attached hydrogens (tertiary/aromatic N) is 2. The van der Waals surface area contributed by atoms with E-state index in [4.69, 9.17) is 9.26 Å². The van der Waals surface area contributed by atoms with Crippen LogP contribution in [-0.4, -0.2) is 36.9 Å². The van der Waals surface area contributed by atoms with E-state index in [1.165, 1.54) is 0 Å². The number of aromatic nitrogens is 2. The predicted molar refractivity (Wildman–Crippen MR) is 66.6 cm³/mol. The third-order valence-corrected chi connectivity index (χ3v) is 3.26. The molecule has 98 valence electrons. The first kappa shape index (κ1) is 14.4. The van der Waals surface area contributed by atoms with Crippen molar-refractivity contribution < 1.29 is 9.26 Å². The molecule has 0 aromatic carbocycles. The number of rotatable bonds is 4. The van der Waals surface area contributed by atoms with Crippen LogP contribution in [-0.2, 0) is 10.2 Å². The summed E-state index contributed by atoms with van der Waals surface area (Å²) in [7, 11) is 1.73. The molecule has 0 saturated carbocycles. The van der Waals surface area contributed by atoms with Gasteiger partial charge in [0.2, 0.25) is 5.89 Å². The Kier molecular flexibility index (Phi) is 5.36. The first-order chi connectivity index (χ1) is 7.77. The minimum absolute atomic E-state index is 0. The molecule has 5 nitrogen and oxygen atoms in total. The first-order valence-corrected chi connectivity index (χ1v) is 5.77. The van der Waals surface area contributed by atoms with Gasteiger partial charge >= 0.3 is 0 Å². The molecule has 1 N–H and O–H groups in total. The van der Waals surface area contributed by atoms with E-state index in [2.05, 4.69) is 15.5 Å². The molecule has 1 saturated heterocycles. The Labute approximate surface area is 108 Å². The average molecular weight is 262 g/mol. The van der Waals surface area contributed by atoms with Crippen LogP contribution < -0.4 is 5.32 Å². The molecule has 1 unspecified atom stereocenters. The van der Waals surface area contributed by atoms with Crippen molar-refractivity contribution >= 4 is 12.4 Å². The largest absolute Gasteiger partial charge is 0.385 e. The molecule has 1 aliphatic rings. The molecule has 1 fully saturated rings. The van der Waals surface area contributed by atoms with E-state index in [1.807, 2.05) is 6.92 Å². The smallest absolute Gasteiger partial charge is 0.223 e. The summed E-state index contributed by atoms with van der Waals surface area (Å²) in [5, 5.41) is 7.50. The highest BCUT2D eigenvalue weighted by molar-refractivity contribution is 5.85. The van der Waals surface area contributed by atoms with Crippen molar-refractivity contribution in [3.05, 3.63) is 11.7 Å². The quantitative estimate of drug-likeness (QED) is 0.889. The summed E-state index contributed by atoms with van der Waals surface area (Å²) in [5.74, 6) is 1.46. The lowest BCUT2D eigenvalue weighted by molar-refractivity contribution is 0.148. The fourth-order valence-corrected chi connectivity index (χ4v) is 2.30. The molecule has 1 aromatic rings. The molecule has 0 aliphatic carbocycles. The third kappa shape index (κ3) is 3.18. The number of methoxy groups -OCH3 is 1. The second-order valence-corrected chi connectivity index (χ2v) is 4.44. The summed E-state index contributed by atoms with van der Waals surface area (Å²) < 4.78 is 10.3. The average Bonchev–Trinajstić information content (AvgIpc) is 2.75. The Bertz CT molecular complexity index is 337. The predicted octanol–water partition coefficient (Wildman–Crippen LogP) is 1.46. The van der Waals surface area contributed by atoms with Crippen molar-refractivity contribution in [2.45, 2.75) is 31.6 Å². The molecular formula is C11H20ClN3O2. The monoisotopic (exact) mass is 261 g/mol. The van der Waals surface area contributed by atoms with Gasteiger partial charge in [-0.2, -0.15) is 4.98 Å². The van der Waals surface area contributed by atoms with Crippen LogP contribution >= 0.6 is 12.4 Å². The number of hydrogen-bond acceptors (Lipinski definition) is 5. The molecule has 0 amide bonds. The minimum Gasteiger partial charge on any atom is -0.385 e. The SMILES string of the molecule is COCCC1(c2noc(C)n2)CCCNC1.Cl. The highest BCUT2D eigenvalue weighted by Crippen LogP contribution is 2.32. The normalized spacial score (nSPS) is 24.4. The summed E-state index contributed by atoms with van der Waals surface area (Å²) in [5.41, 5.74) is -0.00792. The molecule has 6 heteroatoms. The number of piperidine rings is 1. The highest BCUT2D eigenvalue weighted by atomic mass is 35.5. The molecule has 2 heterocycles. The van der Waals surface area contributed by atoms with Crippen LogP contribution in [0.25, 0.3) is 0 Å². The zero-order valence-electron chi connectivity index (χ0n) is 10.4. The van der Waals surface area contributed by atoms with E-state index < -0.39 is 0 Å². The summed E-state index contributed by atoms with van der Waals surface area (Å²) in [6.07, 6.45) is 3.19. The van der Waals surface area contributed by atoms with Gasteiger partial charge < -0.3 is 14.6 Å². The molecule has 1 atom stereocenters. The van der Waals surface area contributed by atoms with Gasteiger partial charge in [0.15, 0.2) is 5.82 Å². The van der Waals surface area contributed by atoms with Crippen molar-refractivity contribution in [2.24, 2.45) is 0 Å². The standard InChI is InChI=1S/C11H19N3O2.ClH/c1-9-13-10(14-16-9)11(5-7-15-2)4-3-6-12-8-11;/h12H,3-8H2,1-2H3;1H. The van der Waals surface area contributed by atoms with Crippen molar-refractivity contribution in [3.8, 4) is 0 Å². The number of nitrogens with one attached hydrogen (secondary N) is 1. The van der Waals surface area contributed by atoms with Gasteiger partial charge in [0.1, 0.15) is 0 Å². The summed E-state index contributed by atoms with van der Waals surface area (Å²) >= 11 is 0.